The van der Waals surface area contributed by atoms with E-state index < -0.39 is 0 Å². The predicted molar refractivity (Wildman–Crippen MR) is 70.1 cm³/mol. The lowest BCUT2D eigenvalue weighted by atomic mass is 9.83. The van der Waals surface area contributed by atoms with E-state index in [1.165, 1.54) is 5.69 Å². The molecule has 1 atom stereocenters. The van der Waals surface area contributed by atoms with Gasteiger partial charge >= 0.3 is 0 Å². The number of halogens is 1. The maximum atomic E-state index is 6.08. The van der Waals surface area contributed by atoms with Crippen LogP contribution in [0.3, 0.4) is 0 Å². The highest BCUT2D eigenvalue weighted by Gasteiger charge is 2.22. The van der Waals surface area contributed by atoms with Gasteiger partial charge in [-0.15, -0.1) is 11.6 Å². The van der Waals surface area contributed by atoms with E-state index >= 15 is 0 Å². The highest BCUT2D eigenvalue weighted by molar-refractivity contribution is 6.20. The Balaban J connectivity index is 2.78. The maximum Gasteiger partial charge on any atom is 0.0596 e. The standard InChI is InChI=1S/C13H23ClN2/c1-6-16-12(7-11(3)15-16)9-13(4,5)8-10(2)14/h7,10H,6,8-9H2,1-5H3. The van der Waals surface area contributed by atoms with Gasteiger partial charge in [-0.05, 0) is 45.1 Å². The molecule has 1 heterocycles. The van der Waals surface area contributed by atoms with E-state index in [2.05, 4.69) is 43.5 Å². The highest BCUT2D eigenvalue weighted by Crippen LogP contribution is 2.29. The summed E-state index contributed by atoms with van der Waals surface area (Å²) in [7, 11) is 0. The molecule has 0 N–H and O–H groups in total. The lowest BCUT2D eigenvalue weighted by Crippen LogP contribution is -2.20. The molecule has 1 aromatic rings. The molecule has 92 valence electrons. The molecule has 0 bridgehead atoms. The quantitative estimate of drug-likeness (QED) is 0.719. The Bertz CT molecular complexity index is 340. The van der Waals surface area contributed by atoms with Crippen LogP contribution in [0.25, 0.3) is 0 Å². The summed E-state index contributed by atoms with van der Waals surface area (Å²) in [5.41, 5.74) is 2.66. The van der Waals surface area contributed by atoms with Crippen molar-refractivity contribution < 1.29 is 0 Å². The first-order valence-electron chi connectivity index (χ1n) is 6.01. The minimum absolute atomic E-state index is 0.231. The molecule has 16 heavy (non-hydrogen) atoms. The van der Waals surface area contributed by atoms with E-state index in [9.17, 15) is 0 Å². The predicted octanol–water partition coefficient (Wildman–Crippen LogP) is 3.80. The van der Waals surface area contributed by atoms with Gasteiger partial charge in [0.25, 0.3) is 0 Å². The zero-order chi connectivity index (χ0) is 12.3. The SMILES string of the molecule is CCn1nc(C)cc1CC(C)(C)CC(C)Cl. The summed E-state index contributed by atoms with van der Waals surface area (Å²) >= 11 is 6.08. The first kappa shape index (κ1) is 13.6. The van der Waals surface area contributed by atoms with Crippen LogP contribution < -0.4 is 0 Å². The van der Waals surface area contributed by atoms with E-state index in [0.717, 1.165) is 25.1 Å². The number of alkyl halides is 1. The summed E-state index contributed by atoms with van der Waals surface area (Å²) in [5, 5.41) is 4.71. The van der Waals surface area contributed by atoms with E-state index in [1.807, 2.05) is 6.92 Å². The van der Waals surface area contributed by atoms with Gasteiger partial charge in [-0.1, -0.05) is 13.8 Å². The summed E-state index contributed by atoms with van der Waals surface area (Å²) in [6.07, 6.45) is 2.07. The molecule has 0 aliphatic carbocycles. The largest absolute Gasteiger partial charge is 0.270 e. The van der Waals surface area contributed by atoms with Crippen molar-refractivity contribution in [3.8, 4) is 0 Å². The van der Waals surface area contributed by atoms with Gasteiger partial charge in [-0.2, -0.15) is 5.10 Å². The molecule has 0 saturated heterocycles. The molecule has 0 amide bonds. The third-order valence-electron chi connectivity index (χ3n) is 2.78. The van der Waals surface area contributed by atoms with E-state index in [4.69, 9.17) is 11.6 Å². The summed E-state index contributed by atoms with van der Waals surface area (Å²) in [4.78, 5) is 0. The summed E-state index contributed by atoms with van der Waals surface area (Å²) in [6.45, 7) is 11.7. The van der Waals surface area contributed by atoms with Crippen LogP contribution in [-0.4, -0.2) is 15.2 Å². The zero-order valence-corrected chi connectivity index (χ0v) is 11.8. The second-order valence-corrected chi connectivity index (χ2v) is 6.16. The van der Waals surface area contributed by atoms with Gasteiger partial charge < -0.3 is 0 Å². The topological polar surface area (TPSA) is 17.8 Å². The molecule has 3 heteroatoms. The summed E-state index contributed by atoms with van der Waals surface area (Å²) in [5.74, 6) is 0. The molecule has 0 aromatic carbocycles. The van der Waals surface area contributed by atoms with Gasteiger partial charge in [0.15, 0.2) is 0 Å². The number of rotatable bonds is 5. The van der Waals surface area contributed by atoms with Crippen LogP contribution in [0.4, 0.5) is 0 Å². The molecule has 2 nitrogen and oxygen atoms in total. The van der Waals surface area contributed by atoms with Crippen LogP contribution in [-0.2, 0) is 13.0 Å². The van der Waals surface area contributed by atoms with Crippen molar-refractivity contribution in [2.45, 2.75) is 59.4 Å². The van der Waals surface area contributed by atoms with Crippen molar-refractivity contribution in [3.05, 3.63) is 17.5 Å². The van der Waals surface area contributed by atoms with Gasteiger partial charge in [-0.3, -0.25) is 4.68 Å². The van der Waals surface area contributed by atoms with Crippen molar-refractivity contribution in [2.75, 3.05) is 0 Å². The number of hydrogen-bond donors (Lipinski definition) is 0. The number of aryl methyl sites for hydroxylation is 2. The molecular formula is C13H23ClN2. The van der Waals surface area contributed by atoms with Crippen molar-refractivity contribution in [2.24, 2.45) is 5.41 Å². The monoisotopic (exact) mass is 242 g/mol. The minimum atomic E-state index is 0.231. The molecule has 1 rings (SSSR count). The zero-order valence-electron chi connectivity index (χ0n) is 11.0. The van der Waals surface area contributed by atoms with Crippen LogP contribution >= 0.6 is 11.6 Å². The first-order valence-corrected chi connectivity index (χ1v) is 6.45. The lowest BCUT2D eigenvalue weighted by molar-refractivity contribution is 0.321. The highest BCUT2D eigenvalue weighted by atomic mass is 35.5. The fraction of sp³-hybridized carbons (Fsp3) is 0.769. The van der Waals surface area contributed by atoms with Crippen molar-refractivity contribution in [1.29, 1.82) is 0 Å². The van der Waals surface area contributed by atoms with Crippen LogP contribution in [0.15, 0.2) is 6.07 Å². The third kappa shape index (κ3) is 3.82. The lowest BCUT2D eigenvalue weighted by Gasteiger charge is -2.26. The van der Waals surface area contributed by atoms with Gasteiger partial charge in [-0.25, -0.2) is 0 Å². The van der Waals surface area contributed by atoms with E-state index in [0.29, 0.717) is 0 Å². The van der Waals surface area contributed by atoms with E-state index in [-0.39, 0.29) is 10.8 Å². The van der Waals surface area contributed by atoms with Crippen molar-refractivity contribution in [1.82, 2.24) is 9.78 Å². The fourth-order valence-corrected chi connectivity index (χ4v) is 2.76. The van der Waals surface area contributed by atoms with E-state index in [1.54, 1.807) is 0 Å². The first-order chi connectivity index (χ1) is 7.34. The van der Waals surface area contributed by atoms with Gasteiger partial charge in [0.1, 0.15) is 0 Å². The van der Waals surface area contributed by atoms with Crippen molar-refractivity contribution >= 4 is 11.6 Å². The fourth-order valence-electron chi connectivity index (χ4n) is 2.34. The third-order valence-corrected chi connectivity index (χ3v) is 2.93. The van der Waals surface area contributed by atoms with Crippen LogP contribution in [0.5, 0.6) is 0 Å². The molecule has 1 unspecified atom stereocenters. The average molecular weight is 243 g/mol. The maximum absolute atomic E-state index is 6.08. The number of hydrogen-bond acceptors (Lipinski definition) is 1. The second-order valence-electron chi connectivity index (χ2n) is 5.42. The molecule has 0 spiro atoms. The minimum Gasteiger partial charge on any atom is -0.270 e. The van der Waals surface area contributed by atoms with Gasteiger partial charge in [0, 0.05) is 17.6 Å². The Kier molecular flexibility index (Phi) is 4.43. The van der Waals surface area contributed by atoms with Crippen LogP contribution in [0.2, 0.25) is 0 Å². The Morgan fingerprint density at radius 3 is 2.62 bits per heavy atom. The number of nitrogens with zero attached hydrogens (tertiary/aromatic N) is 2. The normalized spacial score (nSPS) is 14.1. The van der Waals surface area contributed by atoms with Gasteiger partial charge in [0.05, 0.1) is 5.69 Å². The molecule has 0 radical (unpaired) electrons. The molecule has 0 aliphatic heterocycles. The average Bonchev–Trinajstić information content (AvgIpc) is 2.42. The second kappa shape index (κ2) is 5.22. The molecule has 0 fully saturated rings. The summed E-state index contributed by atoms with van der Waals surface area (Å²) < 4.78 is 2.09. The Morgan fingerprint density at radius 1 is 1.50 bits per heavy atom. The molecule has 1 aromatic heterocycles. The molecular weight excluding hydrogens is 220 g/mol. The Morgan fingerprint density at radius 2 is 2.12 bits per heavy atom. The molecule has 0 aliphatic rings. The van der Waals surface area contributed by atoms with Crippen molar-refractivity contribution in [3.63, 3.8) is 0 Å². The Hall–Kier alpha value is -0.500. The Labute approximate surface area is 104 Å². The summed E-state index contributed by atoms with van der Waals surface area (Å²) in [6, 6.07) is 2.18. The smallest absolute Gasteiger partial charge is 0.0596 e. The van der Waals surface area contributed by atoms with Crippen LogP contribution in [0.1, 0.15) is 45.5 Å². The van der Waals surface area contributed by atoms with Crippen LogP contribution in [0, 0.1) is 12.3 Å². The molecule has 0 saturated carbocycles. The number of aromatic nitrogens is 2. The van der Waals surface area contributed by atoms with Gasteiger partial charge in [0.2, 0.25) is 0 Å².